The van der Waals surface area contributed by atoms with Crippen LogP contribution in [-0.2, 0) is 11.8 Å². The average Bonchev–Trinajstić information content (AvgIpc) is 3.06. The molecule has 0 spiro atoms. The molecular weight excluding hydrogens is 396 g/mol. The molecule has 3 aromatic rings. The Hall–Kier alpha value is -3.81. The van der Waals surface area contributed by atoms with Crippen LogP contribution in [0.5, 0.6) is 11.5 Å². The Morgan fingerprint density at radius 3 is 2.35 bits per heavy atom. The quantitative estimate of drug-likeness (QED) is 0.662. The number of aryl methyl sites for hydroxylation is 2. The fourth-order valence-electron chi connectivity index (χ4n) is 4.04. The van der Waals surface area contributed by atoms with Gasteiger partial charge in [0.25, 0.3) is 5.91 Å². The lowest BCUT2D eigenvalue weighted by molar-refractivity contribution is -0.118. The minimum absolute atomic E-state index is 0.313. The SMILES string of the molecule is COc1cc(OC)cc([C@@H]2c3c(C)nn(C)c3NC(=O)[C@@H]2NC(=O)c2ccccc2)c1. The van der Waals surface area contributed by atoms with E-state index in [1.165, 1.54) is 0 Å². The second-order valence-corrected chi connectivity index (χ2v) is 7.40. The van der Waals surface area contributed by atoms with Crippen LogP contribution in [0, 0.1) is 6.92 Å². The van der Waals surface area contributed by atoms with E-state index in [2.05, 4.69) is 15.7 Å². The first-order valence-electron chi connectivity index (χ1n) is 9.86. The standard InChI is InChI=1S/C23H24N4O4/c1-13-18-19(15-10-16(30-3)12-17(11-15)31-4)20(23(29)25-21(18)27(2)26-13)24-22(28)14-8-6-5-7-9-14/h5-12,19-20H,1-4H3,(H,24,28)(H,25,29)/t19-,20-/m1/s1. The van der Waals surface area contributed by atoms with Crippen molar-refractivity contribution in [2.24, 2.45) is 7.05 Å². The van der Waals surface area contributed by atoms with Crippen molar-refractivity contribution in [2.75, 3.05) is 19.5 Å². The highest BCUT2D eigenvalue weighted by Gasteiger charge is 2.41. The van der Waals surface area contributed by atoms with E-state index in [1.54, 1.807) is 56.3 Å². The zero-order chi connectivity index (χ0) is 22.1. The van der Waals surface area contributed by atoms with E-state index in [0.29, 0.717) is 22.9 Å². The highest BCUT2D eigenvalue weighted by Crippen LogP contribution is 2.41. The number of rotatable bonds is 5. The van der Waals surface area contributed by atoms with Crippen molar-refractivity contribution in [1.82, 2.24) is 15.1 Å². The summed E-state index contributed by atoms with van der Waals surface area (Å²) < 4.78 is 12.5. The molecule has 0 fully saturated rings. The number of ether oxygens (including phenoxy) is 2. The maximum absolute atomic E-state index is 13.1. The molecule has 31 heavy (non-hydrogen) atoms. The minimum Gasteiger partial charge on any atom is -0.497 e. The Morgan fingerprint density at radius 1 is 1.10 bits per heavy atom. The molecule has 0 aliphatic carbocycles. The van der Waals surface area contributed by atoms with Crippen molar-refractivity contribution < 1.29 is 19.1 Å². The molecule has 8 heteroatoms. The number of nitrogens with one attached hydrogen (secondary N) is 2. The molecule has 2 amide bonds. The fraction of sp³-hybridized carbons (Fsp3) is 0.261. The van der Waals surface area contributed by atoms with Gasteiger partial charge in [-0.05, 0) is 36.8 Å². The van der Waals surface area contributed by atoms with Gasteiger partial charge in [0.2, 0.25) is 5.91 Å². The van der Waals surface area contributed by atoms with E-state index in [1.807, 2.05) is 25.1 Å². The molecule has 4 rings (SSSR count). The molecule has 0 bridgehead atoms. The van der Waals surface area contributed by atoms with E-state index in [-0.39, 0.29) is 11.8 Å². The third kappa shape index (κ3) is 3.72. The van der Waals surface area contributed by atoms with Gasteiger partial charge in [-0.25, -0.2) is 0 Å². The average molecular weight is 420 g/mol. The van der Waals surface area contributed by atoms with E-state index >= 15 is 0 Å². The van der Waals surface area contributed by atoms with Gasteiger partial charge < -0.3 is 20.1 Å². The largest absolute Gasteiger partial charge is 0.497 e. The van der Waals surface area contributed by atoms with Crippen LogP contribution in [-0.4, -0.2) is 41.9 Å². The number of carbonyl (C=O) groups is 2. The highest BCUT2D eigenvalue weighted by atomic mass is 16.5. The van der Waals surface area contributed by atoms with Crippen LogP contribution >= 0.6 is 0 Å². The van der Waals surface area contributed by atoms with Gasteiger partial charge in [0.05, 0.1) is 19.9 Å². The summed E-state index contributed by atoms with van der Waals surface area (Å²) in [5.41, 5.74) is 2.87. The molecule has 8 nitrogen and oxygen atoms in total. The second-order valence-electron chi connectivity index (χ2n) is 7.40. The summed E-state index contributed by atoms with van der Waals surface area (Å²) in [5.74, 6) is 0.680. The van der Waals surface area contributed by atoms with Crippen LogP contribution < -0.4 is 20.1 Å². The number of amides is 2. The highest BCUT2D eigenvalue weighted by molar-refractivity contribution is 6.03. The lowest BCUT2D eigenvalue weighted by Gasteiger charge is -2.33. The molecule has 0 saturated carbocycles. The summed E-state index contributed by atoms with van der Waals surface area (Å²) >= 11 is 0. The topological polar surface area (TPSA) is 94.5 Å². The molecule has 2 N–H and O–H groups in total. The Balaban J connectivity index is 1.84. The van der Waals surface area contributed by atoms with Gasteiger partial charge in [-0.15, -0.1) is 0 Å². The Bertz CT molecular complexity index is 1120. The molecule has 160 valence electrons. The Labute approximate surface area is 180 Å². The number of benzene rings is 2. The molecular formula is C23H24N4O4. The van der Waals surface area contributed by atoms with Crippen molar-refractivity contribution in [3.63, 3.8) is 0 Å². The summed E-state index contributed by atoms with van der Waals surface area (Å²) in [5, 5.41) is 10.3. The van der Waals surface area contributed by atoms with Crippen molar-refractivity contribution in [3.8, 4) is 11.5 Å². The summed E-state index contributed by atoms with van der Waals surface area (Å²) in [6.07, 6.45) is 0. The van der Waals surface area contributed by atoms with Crippen molar-refractivity contribution in [1.29, 1.82) is 0 Å². The zero-order valence-electron chi connectivity index (χ0n) is 17.8. The van der Waals surface area contributed by atoms with E-state index < -0.39 is 12.0 Å². The van der Waals surface area contributed by atoms with Gasteiger partial charge in [-0.3, -0.25) is 14.3 Å². The predicted octanol–water partition coefficient (Wildman–Crippen LogP) is 2.63. The van der Waals surface area contributed by atoms with Crippen LogP contribution in [0.3, 0.4) is 0 Å². The number of fused-ring (bicyclic) bond motifs is 1. The minimum atomic E-state index is -0.847. The maximum atomic E-state index is 13.1. The molecule has 2 atom stereocenters. The van der Waals surface area contributed by atoms with Crippen LogP contribution in [0.1, 0.15) is 33.1 Å². The normalized spacial score (nSPS) is 17.5. The van der Waals surface area contributed by atoms with E-state index in [9.17, 15) is 9.59 Å². The smallest absolute Gasteiger partial charge is 0.251 e. The number of anilines is 1. The van der Waals surface area contributed by atoms with Crippen molar-refractivity contribution >= 4 is 17.6 Å². The predicted molar refractivity (Wildman–Crippen MR) is 116 cm³/mol. The lowest BCUT2D eigenvalue weighted by Crippen LogP contribution is -2.50. The third-order valence-electron chi connectivity index (χ3n) is 5.49. The number of hydrogen-bond acceptors (Lipinski definition) is 5. The summed E-state index contributed by atoms with van der Waals surface area (Å²) in [7, 11) is 4.92. The van der Waals surface area contributed by atoms with Crippen LogP contribution in [0.15, 0.2) is 48.5 Å². The van der Waals surface area contributed by atoms with Gasteiger partial charge in [0.1, 0.15) is 23.4 Å². The number of carbonyl (C=O) groups excluding carboxylic acids is 2. The number of nitrogens with zero attached hydrogens (tertiary/aromatic N) is 2. The molecule has 0 saturated heterocycles. The third-order valence-corrected chi connectivity index (χ3v) is 5.49. The summed E-state index contributed by atoms with van der Waals surface area (Å²) in [6, 6.07) is 13.4. The van der Waals surface area contributed by atoms with Gasteiger partial charge in [-0.1, -0.05) is 18.2 Å². The van der Waals surface area contributed by atoms with Crippen LogP contribution in [0.25, 0.3) is 0 Å². The second kappa shape index (κ2) is 8.14. The van der Waals surface area contributed by atoms with Gasteiger partial charge in [0.15, 0.2) is 0 Å². The first kappa shape index (κ1) is 20.5. The number of hydrogen-bond donors (Lipinski definition) is 2. The summed E-state index contributed by atoms with van der Waals surface area (Å²) in [4.78, 5) is 26.1. The monoisotopic (exact) mass is 420 g/mol. The molecule has 1 aliphatic heterocycles. The Morgan fingerprint density at radius 2 is 1.74 bits per heavy atom. The molecule has 2 heterocycles. The van der Waals surface area contributed by atoms with Crippen LogP contribution in [0.4, 0.5) is 5.82 Å². The fourth-order valence-corrected chi connectivity index (χ4v) is 4.04. The maximum Gasteiger partial charge on any atom is 0.251 e. The van der Waals surface area contributed by atoms with Gasteiger partial charge in [0, 0.05) is 30.2 Å². The van der Waals surface area contributed by atoms with Crippen LogP contribution in [0.2, 0.25) is 0 Å². The number of methoxy groups -OCH3 is 2. The molecule has 0 unspecified atom stereocenters. The van der Waals surface area contributed by atoms with Gasteiger partial charge in [-0.2, -0.15) is 5.10 Å². The molecule has 0 radical (unpaired) electrons. The van der Waals surface area contributed by atoms with E-state index in [4.69, 9.17) is 9.47 Å². The summed E-state index contributed by atoms with van der Waals surface area (Å²) in [6.45, 7) is 1.89. The van der Waals surface area contributed by atoms with Crippen molar-refractivity contribution in [3.05, 3.63) is 70.9 Å². The Kier molecular flexibility index (Phi) is 5.37. The van der Waals surface area contributed by atoms with E-state index in [0.717, 1.165) is 16.8 Å². The molecule has 2 aromatic carbocycles. The molecule has 1 aromatic heterocycles. The van der Waals surface area contributed by atoms with Gasteiger partial charge >= 0.3 is 0 Å². The molecule has 1 aliphatic rings. The zero-order valence-corrected chi connectivity index (χ0v) is 17.8. The first-order chi connectivity index (χ1) is 14.9. The number of aromatic nitrogens is 2. The first-order valence-corrected chi connectivity index (χ1v) is 9.86. The lowest BCUT2D eigenvalue weighted by atomic mass is 9.81. The van der Waals surface area contributed by atoms with Crippen molar-refractivity contribution in [2.45, 2.75) is 18.9 Å².